The summed E-state index contributed by atoms with van der Waals surface area (Å²) in [6.07, 6.45) is 1.68. The monoisotopic (exact) mass is 353 g/mol. The summed E-state index contributed by atoms with van der Waals surface area (Å²) in [6, 6.07) is 13.5. The second-order valence-electron chi connectivity index (χ2n) is 5.31. The molecule has 0 radical (unpaired) electrons. The van der Waals surface area contributed by atoms with Gasteiger partial charge in [-0.3, -0.25) is 10.1 Å². The molecule has 0 aliphatic carbocycles. The zero-order chi connectivity index (χ0) is 17.8. The molecule has 0 unspecified atom stereocenters. The molecule has 6 nitrogen and oxygen atoms in total. The highest BCUT2D eigenvalue weighted by atomic mass is 32.1. The third-order valence-corrected chi connectivity index (χ3v) is 3.68. The van der Waals surface area contributed by atoms with Crippen LogP contribution < -0.4 is 20.5 Å². The van der Waals surface area contributed by atoms with Gasteiger partial charge in [0, 0.05) is 0 Å². The topological polar surface area (TPSA) is 90.5 Å². The van der Waals surface area contributed by atoms with Crippen LogP contribution >= 0.6 is 12.2 Å². The highest BCUT2D eigenvalue weighted by Gasteiger charge is 2.19. The summed E-state index contributed by atoms with van der Waals surface area (Å²) in [5, 5.41) is 16.4. The number of rotatable bonds is 5. The van der Waals surface area contributed by atoms with Crippen LogP contribution in [0.2, 0.25) is 0 Å². The Morgan fingerprint density at radius 2 is 1.92 bits per heavy atom. The summed E-state index contributed by atoms with van der Waals surface area (Å²) < 4.78 is 5.64. The number of aromatic carboxylic acids is 1. The fourth-order valence-corrected chi connectivity index (χ4v) is 2.47. The summed E-state index contributed by atoms with van der Waals surface area (Å²) in [5.41, 5.74) is 2.04. The number of hydrogen-bond donors (Lipinski definition) is 2. The molecule has 1 heterocycles. The molecule has 2 aromatic rings. The van der Waals surface area contributed by atoms with E-state index in [4.69, 9.17) is 17.0 Å². The van der Waals surface area contributed by atoms with E-state index >= 15 is 0 Å². The van der Waals surface area contributed by atoms with Crippen molar-refractivity contribution in [3.05, 3.63) is 70.9 Å². The van der Waals surface area contributed by atoms with Gasteiger partial charge in [0.05, 0.1) is 5.97 Å². The summed E-state index contributed by atoms with van der Waals surface area (Å²) in [5.74, 6) is -0.859. The van der Waals surface area contributed by atoms with Gasteiger partial charge in [-0.05, 0) is 53.2 Å². The van der Waals surface area contributed by atoms with E-state index in [2.05, 4.69) is 10.6 Å². The van der Waals surface area contributed by atoms with Crippen molar-refractivity contribution >= 4 is 35.3 Å². The molecule has 0 atom stereocenters. The van der Waals surface area contributed by atoms with E-state index in [1.807, 2.05) is 0 Å². The Bertz CT molecular complexity index is 875. The van der Waals surface area contributed by atoms with Crippen molar-refractivity contribution < 1.29 is 19.4 Å². The fraction of sp³-hybridized carbons (Fsp3) is 0.0556. The molecule has 7 heteroatoms. The third-order valence-electron chi connectivity index (χ3n) is 3.48. The van der Waals surface area contributed by atoms with Crippen molar-refractivity contribution in [2.75, 3.05) is 0 Å². The summed E-state index contributed by atoms with van der Waals surface area (Å²) >= 11 is 4.87. The SMILES string of the molecule is O=C1NC(=S)N/C1=C\c1ccc(OCc2cccc(C(=O)[O-])c2)cc1. The first-order valence-electron chi connectivity index (χ1n) is 7.38. The Morgan fingerprint density at radius 3 is 2.56 bits per heavy atom. The van der Waals surface area contributed by atoms with Crippen LogP contribution in [0.15, 0.2) is 54.2 Å². The zero-order valence-corrected chi connectivity index (χ0v) is 13.8. The van der Waals surface area contributed by atoms with Gasteiger partial charge in [0.1, 0.15) is 18.1 Å². The Labute approximate surface area is 149 Å². The molecule has 0 bridgehead atoms. The van der Waals surface area contributed by atoms with Gasteiger partial charge in [0.2, 0.25) is 0 Å². The van der Waals surface area contributed by atoms with Gasteiger partial charge >= 0.3 is 0 Å². The molecular formula is C18H13N2O4S-. The predicted octanol–water partition coefficient (Wildman–Crippen LogP) is 0.974. The molecule has 1 fully saturated rings. The number of carboxylic acids is 1. The molecule has 2 N–H and O–H groups in total. The van der Waals surface area contributed by atoms with Gasteiger partial charge in [-0.1, -0.05) is 30.3 Å². The second kappa shape index (κ2) is 7.14. The Kier molecular flexibility index (Phi) is 4.76. The quantitative estimate of drug-likeness (QED) is 0.615. The molecule has 0 spiro atoms. The van der Waals surface area contributed by atoms with Crippen molar-refractivity contribution in [1.29, 1.82) is 0 Å². The van der Waals surface area contributed by atoms with Gasteiger partial charge in [-0.2, -0.15) is 0 Å². The number of thiocarbonyl (C=S) groups is 1. The lowest BCUT2D eigenvalue weighted by Crippen LogP contribution is -2.22. The van der Waals surface area contributed by atoms with Gasteiger partial charge < -0.3 is 20.0 Å². The van der Waals surface area contributed by atoms with Gasteiger partial charge in [-0.25, -0.2) is 0 Å². The van der Waals surface area contributed by atoms with Crippen LogP contribution in [0.3, 0.4) is 0 Å². The average molecular weight is 353 g/mol. The van der Waals surface area contributed by atoms with Crippen LogP contribution in [0, 0.1) is 0 Å². The molecule has 1 saturated heterocycles. The van der Waals surface area contributed by atoms with Crippen molar-refractivity contribution in [2.45, 2.75) is 6.61 Å². The predicted molar refractivity (Wildman–Crippen MR) is 93.4 cm³/mol. The number of nitrogens with one attached hydrogen (secondary N) is 2. The van der Waals surface area contributed by atoms with E-state index in [9.17, 15) is 14.7 Å². The van der Waals surface area contributed by atoms with Crippen LogP contribution in [0.25, 0.3) is 6.08 Å². The number of carbonyl (C=O) groups excluding carboxylic acids is 2. The second-order valence-corrected chi connectivity index (χ2v) is 5.72. The standard InChI is InChI=1S/C18H14N2O4S/c21-16-15(19-18(25)20-16)9-11-4-6-14(7-5-11)24-10-12-2-1-3-13(8-12)17(22)23/h1-9H,10H2,(H,22,23)(H2,19,20,21,25)/p-1/b15-9-. The maximum Gasteiger partial charge on any atom is 0.273 e. The zero-order valence-electron chi connectivity index (χ0n) is 12.9. The third kappa shape index (κ3) is 4.21. The molecule has 1 aliphatic heterocycles. The van der Waals surface area contributed by atoms with Crippen molar-refractivity contribution in [3.8, 4) is 5.75 Å². The molecule has 126 valence electrons. The lowest BCUT2D eigenvalue weighted by molar-refractivity contribution is -0.255. The summed E-state index contributed by atoms with van der Waals surface area (Å²) in [7, 11) is 0. The van der Waals surface area contributed by atoms with Crippen molar-refractivity contribution in [1.82, 2.24) is 10.6 Å². The van der Waals surface area contributed by atoms with Crippen molar-refractivity contribution in [3.63, 3.8) is 0 Å². The number of benzene rings is 2. The number of ether oxygens (including phenoxy) is 1. The fourth-order valence-electron chi connectivity index (χ4n) is 2.26. The van der Waals surface area contributed by atoms with E-state index in [1.165, 1.54) is 12.1 Å². The van der Waals surface area contributed by atoms with E-state index in [0.29, 0.717) is 11.4 Å². The molecule has 1 aliphatic rings. The first-order chi connectivity index (χ1) is 12.0. The van der Waals surface area contributed by atoms with Gasteiger partial charge in [0.25, 0.3) is 5.91 Å². The van der Waals surface area contributed by atoms with Crippen LogP contribution in [0.1, 0.15) is 21.5 Å². The molecule has 0 saturated carbocycles. The number of carboxylic acid groups (broad SMARTS) is 1. The normalized spacial score (nSPS) is 15.0. The minimum Gasteiger partial charge on any atom is -0.545 e. The minimum atomic E-state index is -1.22. The molecule has 1 amide bonds. The van der Waals surface area contributed by atoms with Crippen LogP contribution in [0.5, 0.6) is 5.75 Å². The Morgan fingerprint density at radius 1 is 1.16 bits per heavy atom. The molecular weight excluding hydrogens is 340 g/mol. The van der Waals surface area contributed by atoms with E-state index in [1.54, 1.807) is 42.5 Å². The maximum atomic E-state index is 11.6. The smallest absolute Gasteiger partial charge is 0.273 e. The lowest BCUT2D eigenvalue weighted by atomic mass is 10.1. The van der Waals surface area contributed by atoms with E-state index < -0.39 is 5.97 Å². The highest BCUT2D eigenvalue weighted by Crippen LogP contribution is 2.17. The Hall–Kier alpha value is -3.19. The molecule has 2 aromatic carbocycles. The molecule has 25 heavy (non-hydrogen) atoms. The van der Waals surface area contributed by atoms with Crippen molar-refractivity contribution in [2.24, 2.45) is 0 Å². The van der Waals surface area contributed by atoms with E-state index in [-0.39, 0.29) is 23.2 Å². The number of hydrogen-bond acceptors (Lipinski definition) is 5. The number of amides is 1. The molecule has 3 rings (SSSR count). The first-order valence-corrected chi connectivity index (χ1v) is 7.79. The molecule has 0 aromatic heterocycles. The Balaban J connectivity index is 1.64. The van der Waals surface area contributed by atoms with E-state index in [0.717, 1.165) is 11.1 Å². The summed E-state index contributed by atoms with van der Waals surface area (Å²) in [6.45, 7) is 0.236. The van der Waals surface area contributed by atoms with Crippen LogP contribution in [0.4, 0.5) is 0 Å². The lowest BCUT2D eigenvalue weighted by Gasteiger charge is -2.09. The first kappa shape index (κ1) is 16.7. The van der Waals surface area contributed by atoms with Gasteiger partial charge in [-0.15, -0.1) is 0 Å². The minimum absolute atomic E-state index is 0.114. The van der Waals surface area contributed by atoms with Crippen LogP contribution in [-0.4, -0.2) is 17.0 Å². The average Bonchev–Trinajstić information content (AvgIpc) is 2.92. The maximum absolute atomic E-state index is 11.6. The largest absolute Gasteiger partial charge is 0.545 e. The highest BCUT2D eigenvalue weighted by molar-refractivity contribution is 7.80. The number of carbonyl (C=O) groups is 2. The summed E-state index contributed by atoms with van der Waals surface area (Å²) in [4.78, 5) is 22.4. The van der Waals surface area contributed by atoms with Crippen LogP contribution in [-0.2, 0) is 11.4 Å². The van der Waals surface area contributed by atoms with Gasteiger partial charge in [0.15, 0.2) is 5.11 Å².